The van der Waals surface area contributed by atoms with Gasteiger partial charge in [-0.2, -0.15) is 0 Å². The third-order valence-corrected chi connectivity index (χ3v) is 3.09. The van der Waals surface area contributed by atoms with Crippen molar-refractivity contribution in [3.8, 4) is 5.75 Å². The zero-order valence-corrected chi connectivity index (χ0v) is 12.4. The van der Waals surface area contributed by atoms with Crippen LogP contribution in [0.25, 0.3) is 0 Å². The lowest BCUT2D eigenvalue weighted by atomic mass is 10.1. The fraction of sp³-hybridized carbons (Fsp3) is 0.500. The van der Waals surface area contributed by atoms with Gasteiger partial charge in [-0.25, -0.2) is 0 Å². The Morgan fingerprint density at radius 2 is 2.19 bits per heavy atom. The molecule has 0 aromatic heterocycles. The predicted molar refractivity (Wildman–Crippen MR) is 79.7 cm³/mol. The van der Waals surface area contributed by atoms with E-state index in [1.165, 1.54) is 7.11 Å². The molecule has 1 aromatic rings. The third-order valence-electron chi connectivity index (χ3n) is 3.09. The minimum atomic E-state index is -0.00232. The van der Waals surface area contributed by atoms with Gasteiger partial charge in [-0.1, -0.05) is 11.2 Å². The fourth-order valence-electron chi connectivity index (χ4n) is 1.98. The molecule has 21 heavy (non-hydrogen) atoms. The number of nitrogens with two attached hydrogens (primary N) is 1. The van der Waals surface area contributed by atoms with Gasteiger partial charge in [0.15, 0.2) is 5.84 Å². The van der Waals surface area contributed by atoms with Crippen molar-refractivity contribution in [3.05, 3.63) is 29.3 Å². The number of rotatable bonds is 9. The lowest BCUT2D eigenvalue weighted by Crippen LogP contribution is -2.33. The van der Waals surface area contributed by atoms with Crippen LogP contribution in [0.1, 0.15) is 17.5 Å². The summed E-state index contributed by atoms with van der Waals surface area (Å²) in [5.74, 6) is 0.537. The first kappa shape index (κ1) is 17.2. The van der Waals surface area contributed by atoms with Crippen LogP contribution in [0.5, 0.6) is 5.75 Å². The number of hydrogen-bond acceptors (Lipinski definition) is 6. The molecule has 1 atom stereocenters. The number of ether oxygens (including phenoxy) is 2. The molecule has 0 aliphatic rings. The Labute approximate surface area is 124 Å². The van der Waals surface area contributed by atoms with E-state index in [9.17, 15) is 0 Å². The van der Waals surface area contributed by atoms with E-state index < -0.39 is 0 Å². The summed E-state index contributed by atoms with van der Waals surface area (Å²) in [6.07, 6.45) is 0.608. The molecule has 0 saturated carbocycles. The molecule has 0 fully saturated rings. The van der Waals surface area contributed by atoms with Crippen LogP contribution < -0.4 is 15.8 Å². The van der Waals surface area contributed by atoms with Gasteiger partial charge in [0.05, 0.1) is 19.3 Å². The number of aliphatic hydroxyl groups excluding tert-OH is 1. The van der Waals surface area contributed by atoms with Gasteiger partial charge < -0.3 is 30.8 Å². The van der Waals surface area contributed by atoms with E-state index in [0.717, 1.165) is 5.56 Å². The number of benzene rings is 1. The number of aliphatic hydroxyl groups is 1. The highest BCUT2D eigenvalue weighted by Crippen LogP contribution is 2.19. The lowest BCUT2D eigenvalue weighted by Gasteiger charge is -2.17. The first-order chi connectivity index (χ1) is 10.2. The van der Waals surface area contributed by atoms with E-state index in [1.54, 1.807) is 19.2 Å². The van der Waals surface area contributed by atoms with Crippen molar-refractivity contribution in [2.24, 2.45) is 10.9 Å². The zero-order valence-electron chi connectivity index (χ0n) is 12.4. The van der Waals surface area contributed by atoms with E-state index in [4.69, 9.17) is 25.5 Å². The van der Waals surface area contributed by atoms with Crippen LogP contribution in [-0.2, 0) is 11.3 Å². The molecule has 7 nitrogen and oxygen atoms in total. The number of nitrogens with one attached hydrogen (secondary N) is 1. The average molecular weight is 297 g/mol. The second-order valence-corrected chi connectivity index (χ2v) is 4.57. The van der Waals surface area contributed by atoms with E-state index in [0.29, 0.717) is 30.9 Å². The van der Waals surface area contributed by atoms with Gasteiger partial charge in [-0.3, -0.25) is 0 Å². The Hall–Kier alpha value is -1.83. The van der Waals surface area contributed by atoms with Crippen molar-refractivity contribution in [2.75, 3.05) is 27.4 Å². The molecule has 1 rings (SSSR count). The minimum Gasteiger partial charge on any atom is -0.496 e. The normalized spacial score (nSPS) is 13.2. The van der Waals surface area contributed by atoms with Gasteiger partial charge in [-0.05, 0) is 24.1 Å². The fourth-order valence-corrected chi connectivity index (χ4v) is 1.98. The highest BCUT2D eigenvalue weighted by Gasteiger charge is 2.11. The standard InChI is InChI=1S/C14H23N3O4/c1-20-9-11(5-6-18)16-8-10-3-4-13(21-2)12(7-10)14(15)17-19/h3-4,7,11,16,18-19H,5-6,8-9H2,1-2H3,(H2,15,17). The van der Waals surface area contributed by atoms with Crippen LogP contribution in [-0.4, -0.2) is 49.6 Å². The molecule has 1 unspecified atom stereocenters. The summed E-state index contributed by atoms with van der Waals surface area (Å²) in [5.41, 5.74) is 7.12. The van der Waals surface area contributed by atoms with Crippen LogP contribution in [0.2, 0.25) is 0 Å². The summed E-state index contributed by atoms with van der Waals surface area (Å²) in [6, 6.07) is 5.52. The molecular weight excluding hydrogens is 274 g/mol. The molecule has 118 valence electrons. The number of hydrogen-bond donors (Lipinski definition) is 4. The number of oxime groups is 1. The molecule has 1 aromatic carbocycles. The summed E-state index contributed by atoms with van der Waals surface area (Å²) in [5, 5.41) is 24.1. The summed E-state index contributed by atoms with van der Waals surface area (Å²) < 4.78 is 10.3. The van der Waals surface area contributed by atoms with Crippen LogP contribution in [0.4, 0.5) is 0 Å². The Balaban J connectivity index is 2.79. The molecule has 0 amide bonds. The predicted octanol–water partition coefficient (Wildman–Crippen LogP) is 0.277. The molecule has 5 N–H and O–H groups in total. The van der Waals surface area contributed by atoms with Crippen LogP contribution >= 0.6 is 0 Å². The highest BCUT2D eigenvalue weighted by atomic mass is 16.5. The van der Waals surface area contributed by atoms with Crippen molar-refractivity contribution in [3.63, 3.8) is 0 Å². The summed E-state index contributed by atoms with van der Waals surface area (Å²) in [6.45, 7) is 1.19. The lowest BCUT2D eigenvalue weighted by molar-refractivity contribution is 0.148. The van der Waals surface area contributed by atoms with E-state index in [2.05, 4.69) is 10.5 Å². The largest absolute Gasteiger partial charge is 0.496 e. The van der Waals surface area contributed by atoms with Gasteiger partial charge >= 0.3 is 0 Å². The summed E-state index contributed by atoms with van der Waals surface area (Å²) in [7, 11) is 3.15. The van der Waals surface area contributed by atoms with Crippen LogP contribution in [0.15, 0.2) is 23.4 Å². The maximum atomic E-state index is 9.01. The summed E-state index contributed by atoms with van der Waals surface area (Å²) in [4.78, 5) is 0. The van der Waals surface area contributed by atoms with Gasteiger partial charge in [0, 0.05) is 26.3 Å². The maximum absolute atomic E-state index is 9.01. The second-order valence-electron chi connectivity index (χ2n) is 4.57. The average Bonchev–Trinajstić information content (AvgIpc) is 2.52. The molecule has 0 aliphatic heterocycles. The molecule has 0 spiro atoms. The Morgan fingerprint density at radius 3 is 2.76 bits per heavy atom. The first-order valence-corrected chi connectivity index (χ1v) is 6.64. The van der Waals surface area contributed by atoms with E-state index >= 15 is 0 Å². The molecule has 7 heteroatoms. The zero-order chi connectivity index (χ0) is 15.7. The van der Waals surface area contributed by atoms with Crippen molar-refractivity contribution < 1.29 is 19.8 Å². The van der Waals surface area contributed by atoms with Crippen molar-refractivity contribution in [1.82, 2.24) is 5.32 Å². The summed E-state index contributed by atoms with van der Waals surface area (Å²) >= 11 is 0. The first-order valence-electron chi connectivity index (χ1n) is 6.64. The number of methoxy groups -OCH3 is 2. The number of nitrogens with zero attached hydrogens (tertiary/aromatic N) is 1. The quantitative estimate of drug-likeness (QED) is 0.225. The Kier molecular flexibility index (Phi) is 7.52. The minimum absolute atomic E-state index is 0.00232. The van der Waals surface area contributed by atoms with Crippen molar-refractivity contribution in [1.29, 1.82) is 0 Å². The monoisotopic (exact) mass is 297 g/mol. The molecule has 0 saturated heterocycles. The second kappa shape index (κ2) is 9.17. The SMILES string of the molecule is COCC(CCO)NCc1ccc(OC)c(/C(N)=N/O)c1. The van der Waals surface area contributed by atoms with Gasteiger partial charge in [0.25, 0.3) is 0 Å². The highest BCUT2D eigenvalue weighted by molar-refractivity contribution is 5.99. The molecule has 0 radical (unpaired) electrons. The molecule has 0 heterocycles. The molecule has 0 bridgehead atoms. The van der Waals surface area contributed by atoms with Gasteiger partial charge in [0.1, 0.15) is 5.75 Å². The van der Waals surface area contributed by atoms with Crippen LogP contribution in [0, 0.1) is 0 Å². The Morgan fingerprint density at radius 1 is 1.43 bits per heavy atom. The van der Waals surface area contributed by atoms with Crippen molar-refractivity contribution >= 4 is 5.84 Å². The van der Waals surface area contributed by atoms with Gasteiger partial charge in [0.2, 0.25) is 0 Å². The van der Waals surface area contributed by atoms with E-state index in [-0.39, 0.29) is 18.5 Å². The molecular formula is C14H23N3O4. The topological polar surface area (TPSA) is 109 Å². The van der Waals surface area contributed by atoms with Crippen molar-refractivity contribution in [2.45, 2.75) is 19.0 Å². The van der Waals surface area contributed by atoms with Gasteiger partial charge in [-0.15, -0.1) is 0 Å². The van der Waals surface area contributed by atoms with E-state index in [1.807, 2.05) is 6.07 Å². The smallest absolute Gasteiger partial charge is 0.173 e. The number of amidine groups is 1. The Bertz CT molecular complexity index is 460. The maximum Gasteiger partial charge on any atom is 0.173 e. The molecule has 0 aliphatic carbocycles. The van der Waals surface area contributed by atoms with Crippen LogP contribution in [0.3, 0.4) is 0 Å². The third kappa shape index (κ3) is 5.22.